The van der Waals surface area contributed by atoms with Crippen molar-refractivity contribution in [1.82, 2.24) is 0 Å². The van der Waals surface area contributed by atoms with Gasteiger partial charge in [-0.05, 0) is 46.8 Å². The van der Waals surface area contributed by atoms with Crippen molar-refractivity contribution in [3.63, 3.8) is 0 Å². The molecule has 4 rings (SSSR count). The highest BCUT2D eigenvalue weighted by molar-refractivity contribution is 5.99. The molecule has 0 spiro atoms. The van der Waals surface area contributed by atoms with Crippen LogP contribution in [0.1, 0.15) is 0 Å². The Morgan fingerprint density at radius 3 is 1.30 bits per heavy atom. The van der Waals surface area contributed by atoms with E-state index in [4.69, 9.17) is 9.47 Å². The van der Waals surface area contributed by atoms with Crippen molar-refractivity contribution in [3.05, 3.63) is 57.3 Å². The summed E-state index contributed by atoms with van der Waals surface area (Å²) in [5, 5.41) is 45.7. The van der Waals surface area contributed by atoms with Gasteiger partial charge in [-0.1, -0.05) is 13.2 Å². The monoisotopic (exact) mass is 404 g/mol. The second-order valence-corrected chi connectivity index (χ2v) is 7.03. The van der Waals surface area contributed by atoms with Crippen molar-refractivity contribution in [3.8, 4) is 34.5 Å². The van der Waals surface area contributed by atoms with E-state index in [0.29, 0.717) is 32.7 Å². The normalized spacial score (nSPS) is 12.3. The number of fused-ring (bicyclic) bond motifs is 2. The largest absolute Gasteiger partial charge is 0.507 e. The lowest BCUT2D eigenvalue weighted by molar-refractivity contribution is 0.414. The number of phenolic OH excluding ortho intramolecular Hbond substituents is 4. The Bertz CT molecular complexity index is 1420. The first-order chi connectivity index (χ1) is 14.3. The predicted molar refractivity (Wildman–Crippen MR) is 116 cm³/mol. The van der Waals surface area contributed by atoms with Gasteiger partial charge < -0.3 is 29.9 Å². The fraction of sp³-hybridized carbons (Fsp3) is 0.0833. The Labute approximate surface area is 171 Å². The van der Waals surface area contributed by atoms with E-state index < -0.39 is 0 Å². The first-order valence-corrected chi connectivity index (χ1v) is 9.04. The summed E-state index contributed by atoms with van der Waals surface area (Å²) in [6, 6.07) is 9.30. The first kappa shape index (κ1) is 19.3. The van der Waals surface area contributed by atoms with Gasteiger partial charge in [0.15, 0.2) is 0 Å². The van der Waals surface area contributed by atoms with Gasteiger partial charge in [0.1, 0.15) is 34.5 Å². The molecule has 0 atom stereocenters. The SMILES string of the molecule is C=c1cc(O)c2c(O)/c(=c3\cc(OC)c4cc(=C)cc(O)c4c3O)cc(OC)c2c1. The van der Waals surface area contributed by atoms with Crippen LogP contribution in [0.2, 0.25) is 0 Å². The molecule has 30 heavy (non-hydrogen) atoms. The molecule has 0 aliphatic rings. The van der Waals surface area contributed by atoms with Gasteiger partial charge >= 0.3 is 0 Å². The zero-order chi connectivity index (χ0) is 21.7. The van der Waals surface area contributed by atoms with E-state index in [0.717, 1.165) is 0 Å². The molecular weight excluding hydrogens is 384 g/mol. The van der Waals surface area contributed by atoms with Gasteiger partial charge in [-0.25, -0.2) is 0 Å². The van der Waals surface area contributed by atoms with Crippen molar-refractivity contribution < 1.29 is 29.9 Å². The smallest absolute Gasteiger partial charge is 0.135 e. The Hall–Kier alpha value is -4.06. The molecule has 0 aromatic heterocycles. The number of ether oxygens (including phenoxy) is 2. The van der Waals surface area contributed by atoms with E-state index in [1.54, 1.807) is 24.3 Å². The average molecular weight is 404 g/mol. The maximum absolute atomic E-state index is 11.0. The molecular formula is C24H20O6. The van der Waals surface area contributed by atoms with Crippen LogP contribution < -0.4 is 19.9 Å². The summed E-state index contributed by atoms with van der Waals surface area (Å²) in [4.78, 5) is 0. The molecule has 0 bridgehead atoms. The van der Waals surface area contributed by atoms with Gasteiger partial charge in [-0.3, -0.25) is 0 Å². The molecule has 0 radical (unpaired) electrons. The Kier molecular flexibility index (Phi) is 4.35. The predicted octanol–water partition coefficient (Wildman–Crippen LogP) is 2.94. The third-order valence-electron chi connectivity index (χ3n) is 5.15. The maximum Gasteiger partial charge on any atom is 0.135 e. The van der Waals surface area contributed by atoms with Gasteiger partial charge in [-0.2, -0.15) is 0 Å². The lowest BCUT2D eigenvalue weighted by Crippen LogP contribution is -1.98. The average Bonchev–Trinajstić information content (AvgIpc) is 2.68. The van der Waals surface area contributed by atoms with Gasteiger partial charge in [0.2, 0.25) is 0 Å². The minimum atomic E-state index is -0.256. The molecule has 0 unspecified atom stereocenters. The third kappa shape index (κ3) is 2.73. The maximum atomic E-state index is 11.0. The quantitative estimate of drug-likeness (QED) is 0.410. The molecule has 4 aromatic carbocycles. The lowest BCUT2D eigenvalue weighted by Gasteiger charge is -2.12. The van der Waals surface area contributed by atoms with Crippen molar-refractivity contribution in [2.24, 2.45) is 0 Å². The van der Waals surface area contributed by atoms with Gasteiger partial charge in [0.05, 0.1) is 25.0 Å². The summed E-state index contributed by atoms with van der Waals surface area (Å²) in [5.41, 5.74) is 0. The molecule has 0 aliphatic carbocycles. The summed E-state index contributed by atoms with van der Waals surface area (Å²) < 4.78 is 10.9. The second kappa shape index (κ2) is 6.77. The van der Waals surface area contributed by atoms with E-state index in [1.807, 2.05) is 0 Å². The van der Waals surface area contributed by atoms with Gasteiger partial charge in [-0.15, -0.1) is 0 Å². The summed E-state index contributed by atoms with van der Waals surface area (Å²) in [7, 11) is 2.93. The second-order valence-electron chi connectivity index (χ2n) is 7.03. The summed E-state index contributed by atoms with van der Waals surface area (Å²) in [5.74, 6) is -0.121. The van der Waals surface area contributed by atoms with Gasteiger partial charge in [0.25, 0.3) is 0 Å². The number of phenols is 4. The minimum Gasteiger partial charge on any atom is -0.507 e. The van der Waals surface area contributed by atoms with Crippen LogP contribution in [0.5, 0.6) is 34.5 Å². The zero-order valence-corrected chi connectivity index (χ0v) is 16.5. The lowest BCUT2D eigenvalue weighted by atomic mass is 10.0. The molecule has 4 N–H and O–H groups in total. The van der Waals surface area contributed by atoms with Crippen molar-refractivity contribution in [2.45, 2.75) is 0 Å². The van der Waals surface area contributed by atoms with Crippen molar-refractivity contribution in [1.29, 1.82) is 0 Å². The van der Waals surface area contributed by atoms with Crippen LogP contribution in [0.3, 0.4) is 0 Å². The third-order valence-corrected chi connectivity index (χ3v) is 5.15. The highest BCUT2D eigenvalue weighted by Crippen LogP contribution is 2.42. The van der Waals surface area contributed by atoms with Crippen molar-refractivity contribution >= 4 is 34.7 Å². The Balaban J connectivity index is 2.37. The number of hydrogen-bond donors (Lipinski definition) is 4. The van der Waals surface area contributed by atoms with Crippen LogP contribution >= 0.6 is 0 Å². The van der Waals surface area contributed by atoms with Crippen LogP contribution in [0, 0.1) is 10.4 Å². The molecule has 6 heteroatoms. The van der Waals surface area contributed by atoms with E-state index in [9.17, 15) is 20.4 Å². The number of rotatable bonds is 2. The van der Waals surface area contributed by atoms with Crippen LogP contribution in [0.15, 0.2) is 36.4 Å². The molecule has 0 heterocycles. The van der Waals surface area contributed by atoms with Crippen LogP contribution in [-0.2, 0) is 0 Å². The van der Waals surface area contributed by atoms with Crippen LogP contribution in [0.4, 0.5) is 0 Å². The highest BCUT2D eigenvalue weighted by Gasteiger charge is 2.17. The van der Waals surface area contributed by atoms with E-state index in [2.05, 4.69) is 13.2 Å². The first-order valence-electron chi connectivity index (χ1n) is 9.04. The Morgan fingerprint density at radius 2 is 0.967 bits per heavy atom. The van der Waals surface area contributed by atoms with E-state index in [1.165, 1.54) is 26.4 Å². The fourth-order valence-electron chi connectivity index (χ4n) is 3.83. The zero-order valence-electron chi connectivity index (χ0n) is 16.5. The number of hydrogen-bond acceptors (Lipinski definition) is 6. The van der Waals surface area contributed by atoms with Crippen LogP contribution in [0.25, 0.3) is 34.7 Å². The van der Waals surface area contributed by atoms with Crippen molar-refractivity contribution in [2.75, 3.05) is 14.2 Å². The summed E-state index contributed by atoms with van der Waals surface area (Å²) in [6.45, 7) is 7.64. The van der Waals surface area contributed by atoms with E-state index in [-0.39, 0.29) is 44.2 Å². The van der Waals surface area contributed by atoms with E-state index >= 15 is 0 Å². The molecule has 0 fully saturated rings. The summed E-state index contributed by atoms with van der Waals surface area (Å²) in [6.07, 6.45) is 0. The molecule has 0 saturated heterocycles. The standard InChI is InChI=1S/C24H20O6/c1-11-5-15-19(29-3)9-13(23(27)21(15)17(25)7-11)14-10-20(30-4)16-6-12(2)8-18(26)22(16)24(14)28/h5-10,25-28H,1-2H2,3-4H3/b14-13+. The van der Waals surface area contributed by atoms with Gasteiger partial charge in [0, 0.05) is 21.2 Å². The molecule has 0 aliphatic heterocycles. The fourth-order valence-corrected chi connectivity index (χ4v) is 3.83. The molecule has 4 aromatic rings. The molecule has 0 saturated carbocycles. The van der Waals surface area contributed by atoms with Crippen LogP contribution in [-0.4, -0.2) is 34.6 Å². The molecule has 6 nitrogen and oxygen atoms in total. The summed E-state index contributed by atoms with van der Waals surface area (Å²) >= 11 is 0. The number of methoxy groups -OCH3 is 2. The minimum absolute atomic E-state index is 0.160. The number of benzene rings is 4. The number of aromatic hydroxyl groups is 4. The Morgan fingerprint density at radius 1 is 0.600 bits per heavy atom. The molecule has 152 valence electrons. The topological polar surface area (TPSA) is 99.4 Å². The molecule has 0 amide bonds. The highest BCUT2D eigenvalue weighted by atomic mass is 16.5.